The van der Waals surface area contributed by atoms with Crippen molar-refractivity contribution in [2.24, 2.45) is 0 Å². The average Bonchev–Trinajstić information content (AvgIpc) is 2.82. The maximum Gasteiger partial charge on any atom is 0.251 e. The normalized spacial score (nSPS) is 11.8. The number of amides is 1. The highest BCUT2D eigenvalue weighted by atomic mass is 16.5. The van der Waals surface area contributed by atoms with Gasteiger partial charge in [0.25, 0.3) is 5.91 Å². The molecule has 2 aromatic carbocycles. The lowest BCUT2D eigenvalue weighted by atomic mass is 10.0. The molecule has 1 amide bonds. The molecule has 0 saturated carbocycles. The maximum atomic E-state index is 12.5. The lowest BCUT2D eigenvalue weighted by molar-refractivity contribution is 0.0951. The van der Waals surface area contributed by atoms with Gasteiger partial charge in [-0.1, -0.05) is 19.1 Å². The molecule has 0 saturated heterocycles. The fraction of sp³-hybridized carbons (Fsp3) is 0.320. The molecule has 3 N–H and O–H groups in total. The molecule has 0 bridgehead atoms. The molecule has 174 valence electrons. The minimum absolute atomic E-state index is 0.0431. The molecular weight excluding hydrogens is 418 g/mol. The van der Waals surface area contributed by atoms with Gasteiger partial charge in [0.1, 0.15) is 5.82 Å². The first-order valence-electron chi connectivity index (χ1n) is 10.9. The summed E-state index contributed by atoms with van der Waals surface area (Å²) in [5.74, 6) is 0.976. The summed E-state index contributed by atoms with van der Waals surface area (Å²) in [6, 6.07) is 12.6. The molecule has 3 aromatic rings. The third kappa shape index (κ3) is 6.43. The van der Waals surface area contributed by atoms with Crippen LogP contribution in [0.25, 0.3) is 11.3 Å². The molecular formula is C25H31N5O3. The summed E-state index contributed by atoms with van der Waals surface area (Å²) in [7, 11) is 5.45. The number of likely N-dealkylation sites (N-methyl/N-ethyl adjacent to an activating group) is 1. The Morgan fingerprint density at radius 1 is 1.18 bits per heavy atom. The second-order valence-electron chi connectivity index (χ2n) is 7.97. The Hall–Kier alpha value is -3.65. The molecule has 0 aliphatic heterocycles. The summed E-state index contributed by atoms with van der Waals surface area (Å²) in [5.41, 5.74) is 3.06. The Balaban J connectivity index is 1.76. The van der Waals surface area contributed by atoms with Gasteiger partial charge in [-0.25, -0.2) is 4.98 Å². The number of phenolic OH excluding ortho intramolecular Hbond substituents is 1. The highest BCUT2D eigenvalue weighted by Gasteiger charge is 2.14. The molecule has 1 atom stereocenters. The number of phenols is 1. The minimum Gasteiger partial charge on any atom is -0.504 e. The van der Waals surface area contributed by atoms with Crippen LogP contribution in [0.5, 0.6) is 11.5 Å². The Bertz CT molecular complexity index is 1090. The molecule has 1 unspecified atom stereocenters. The molecule has 3 rings (SSSR count). The van der Waals surface area contributed by atoms with Crippen LogP contribution in [-0.2, 0) is 0 Å². The van der Waals surface area contributed by atoms with Crippen LogP contribution in [0.1, 0.15) is 35.3 Å². The van der Waals surface area contributed by atoms with Crippen LogP contribution in [-0.4, -0.2) is 60.2 Å². The van der Waals surface area contributed by atoms with Crippen molar-refractivity contribution >= 4 is 11.7 Å². The second kappa shape index (κ2) is 11.3. The number of hydrogen-bond acceptors (Lipinski definition) is 7. The van der Waals surface area contributed by atoms with Crippen LogP contribution in [0.4, 0.5) is 5.82 Å². The largest absolute Gasteiger partial charge is 0.504 e. The number of benzene rings is 2. The number of carbonyl (C=O) groups excluding carboxylic acids is 1. The van der Waals surface area contributed by atoms with Gasteiger partial charge in [-0.3, -0.25) is 9.78 Å². The standard InChI is InChI=1S/C25H31N5O3/c1-5-20(17-7-6-8-19(13-17)25(32)27-11-12-30(2)3)28-24-16-26-15-21(29-24)18-9-10-22(31)23(14-18)33-4/h6-10,13-16,20,31H,5,11-12H2,1-4H3,(H,27,32)(H,28,29). The van der Waals surface area contributed by atoms with Crippen molar-refractivity contribution in [3.63, 3.8) is 0 Å². The number of rotatable bonds is 10. The SMILES string of the molecule is CCC(Nc1cncc(-c2ccc(O)c(OC)c2)n1)c1cccc(C(=O)NCCN(C)C)c1. The molecule has 1 heterocycles. The van der Waals surface area contributed by atoms with Crippen LogP contribution in [0.3, 0.4) is 0 Å². The van der Waals surface area contributed by atoms with E-state index in [1.807, 2.05) is 43.3 Å². The van der Waals surface area contributed by atoms with Crippen molar-refractivity contribution in [1.82, 2.24) is 20.2 Å². The van der Waals surface area contributed by atoms with Crippen LogP contribution in [0, 0.1) is 0 Å². The monoisotopic (exact) mass is 449 g/mol. The van der Waals surface area contributed by atoms with E-state index in [0.717, 1.165) is 24.1 Å². The number of hydrogen-bond donors (Lipinski definition) is 3. The van der Waals surface area contributed by atoms with Gasteiger partial charge in [0.15, 0.2) is 11.5 Å². The van der Waals surface area contributed by atoms with Crippen molar-refractivity contribution in [2.45, 2.75) is 19.4 Å². The zero-order valence-corrected chi connectivity index (χ0v) is 19.5. The smallest absolute Gasteiger partial charge is 0.251 e. The molecule has 0 aliphatic rings. The van der Waals surface area contributed by atoms with Crippen LogP contribution >= 0.6 is 0 Å². The van der Waals surface area contributed by atoms with E-state index in [1.165, 1.54) is 7.11 Å². The van der Waals surface area contributed by atoms with E-state index in [9.17, 15) is 9.90 Å². The maximum absolute atomic E-state index is 12.5. The lowest BCUT2D eigenvalue weighted by Crippen LogP contribution is -2.31. The van der Waals surface area contributed by atoms with Crippen LogP contribution in [0.2, 0.25) is 0 Å². The summed E-state index contributed by atoms with van der Waals surface area (Å²) < 4.78 is 5.19. The van der Waals surface area contributed by atoms with Gasteiger partial charge in [0.2, 0.25) is 0 Å². The molecule has 0 fully saturated rings. The summed E-state index contributed by atoms with van der Waals surface area (Å²) >= 11 is 0. The number of aromatic nitrogens is 2. The van der Waals surface area contributed by atoms with E-state index < -0.39 is 0 Å². The molecule has 33 heavy (non-hydrogen) atoms. The van der Waals surface area contributed by atoms with Gasteiger partial charge in [-0.05, 0) is 56.4 Å². The van der Waals surface area contributed by atoms with Crippen LogP contribution in [0.15, 0.2) is 54.9 Å². The summed E-state index contributed by atoms with van der Waals surface area (Å²) in [6.07, 6.45) is 4.13. The van der Waals surface area contributed by atoms with Crippen molar-refractivity contribution in [2.75, 3.05) is 39.6 Å². The van der Waals surface area contributed by atoms with E-state index in [2.05, 4.69) is 27.5 Å². The topological polar surface area (TPSA) is 99.6 Å². The number of anilines is 1. The van der Waals surface area contributed by atoms with E-state index in [0.29, 0.717) is 29.4 Å². The minimum atomic E-state index is -0.0865. The van der Waals surface area contributed by atoms with Gasteiger partial charge in [0, 0.05) is 24.2 Å². The first-order valence-corrected chi connectivity index (χ1v) is 10.9. The Morgan fingerprint density at radius 3 is 2.73 bits per heavy atom. The number of nitrogens with zero attached hydrogens (tertiary/aromatic N) is 3. The average molecular weight is 450 g/mol. The molecule has 0 aliphatic carbocycles. The van der Waals surface area contributed by atoms with Crippen molar-refractivity contribution in [3.05, 3.63) is 66.0 Å². The summed E-state index contributed by atoms with van der Waals surface area (Å²) in [5, 5.41) is 16.2. The fourth-order valence-electron chi connectivity index (χ4n) is 3.40. The number of ether oxygens (including phenoxy) is 1. The zero-order chi connectivity index (χ0) is 23.8. The third-order valence-electron chi connectivity index (χ3n) is 5.24. The zero-order valence-electron chi connectivity index (χ0n) is 19.5. The summed E-state index contributed by atoms with van der Waals surface area (Å²) in [4.78, 5) is 23.5. The number of nitrogens with one attached hydrogen (secondary N) is 2. The predicted octanol–water partition coefficient (Wildman–Crippen LogP) is 3.71. The number of carbonyl (C=O) groups is 1. The molecule has 1 aromatic heterocycles. The van der Waals surface area contributed by atoms with Crippen molar-refractivity contribution < 1.29 is 14.6 Å². The molecule has 0 radical (unpaired) electrons. The van der Waals surface area contributed by atoms with Gasteiger partial charge in [-0.2, -0.15) is 0 Å². The summed E-state index contributed by atoms with van der Waals surface area (Å²) in [6.45, 7) is 3.45. The highest BCUT2D eigenvalue weighted by molar-refractivity contribution is 5.94. The predicted molar refractivity (Wildman–Crippen MR) is 130 cm³/mol. The van der Waals surface area contributed by atoms with E-state index in [1.54, 1.807) is 30.6 Å². The van der Waals surface area contributed by atoms with E-state index >= 15 is 0 Å². The first kappa shape index (κ1) is 24.0. The highest BCUT2D eigenvalue weighted by Crippen LogP contribution is 2.31. The Labute approximate surface area is 194 Å². The van der Waals surface area contributed by atoms with Gasteiger partial charge in [0.05, 0.1) is 31.2 Å². The molecule has 8 nitrogen and oxygen atoms in total. The van der Waals surface area contributed by atoms with Crippen molar-refractivity contribution in [3.8, 4) is 22.8 Å². The van der Waals surface area contributed by atoms with Gasteiger partial charge in [-0.15, -0.1) is 0 Å². The Kier molecular flexibility index (Phi) is 8.21. The lowest BCUT2D eigenvalue weighted by Gasteiger charge is -2.19. The molecule has 0 spiro atoms. The second-order valence-corrected chi connectivity index (χ2v) is 7.97. The fourth-order valence-corrected chi connectivity index (χ4v) is 3.40. The third-order valence-corrected chi connectivity index (χ3v) is 5.24. The first-order chi connectivity index (χ1) is 15.9. The van der Waals surface area contributed by atoms with E-state index in [4.69, 9.17) is 4.74 Å². The number of aromatic hydroxyl groups is 1. The number of methoxy groups -OCH3 is 1. The Morgan fingerprint density at radius 2 is 2.00 bits per heavy atom. The van der Waals surface area contributed by atoms with Crippen molar-refractivity contribution in [1.29, 1.82) is 0 Å². The van der Waals surface area contributed by atoms with E-state index in [-0.39, 0.29) is 17.7 Å². The van der Waals surface area contributed by atoms with Gasteiger partial charge >= 0.3 is 0 Å². The van der Waals surface area contributed by atoms with Gasteiger partial charge < -0.3 is 25.4 Å². The molecule has 8 heteroatoms. The quantitative estimate of drug-likeness (QED) is 0.434. The van der Waals surface area contributed by atoms with Crippen LogP contribution < -0.4 is 15.4 Å².